The van der Waals surface area contributed by atoms with Crippen LogP contribution in [0.2, 0.25) is 0 Å². The van der Waals surface area contributed by atoms with Gasteiger partial charge in [-0.2, -0.15) is 12.6 Å². The zero-order valence-corrected chi connectivity index (χ0v) is 7.01. The molecule has 0 heterocycles. The molecule has 0 atom stereocenters. The number of benzene rings is 1. The van der Waals surface area contributed by atoms with Crippen molar-refractivity contribution in [2.75, 3.05) is 6.26 Å². The molecule has 0 unspecified atom stereocenters. The maximum absolute atomic E-state index is 5.35. The molecular weight excluding hydrogens is 142 g/mol. The predicted molar refractivity (Wildman–Crippen MR) is 49.2 cm³/mol. The maximum atomic E-state index is 5.35. The van der Waals surface area contributed by atoms with Crippen LogP contribution in [0, 0.1) is 0 Å². The smallest absolute Gasteiger partial charge is 0.0178 e. The first-order valence-corrected chi connectivity index (χ1v) is 4.01. The van der Waals surface area contributed by atoms with Crippen molar-refractivity contribution < 1.29 is 0 Å². The second-order valence-corrected chi connectivity index (χ2v) is 1.69. The van der Waals surface area contributed by atoms with E-state index in [2.05, 4.69) is 12.6 Å². The molecule has 10 heavy (non-hydrogen) atoms. The van der Waals surface area contributed by atoms with Crippen molar-refractivity contribution in [3.05, 3.63) is 35.9 Å². The van der Waals surface area contributed by atoms with Gasteiger partial charge in [0.1, 0.15) is 0 Å². The van der Waals surface area contributed by atoms with Gasteiger partial charge in [-0.05, 0) is 11.8 Å². The summed E-state index contributed by atoms with van der Waals surface area (Å²) in [7, 11) is 0. The summed E-state index contributed by atoms with van der Waals surface area (Å²) in [6, 6.07) is 9.99. The molecule has 0 spiro atoms. The van der Waals surface area contributed by atoms with Gasteiger partial charge in [0, 0.05) is 6.54 Å². The van der Waals surface area contributed by atoms with Gasteiger partial charge in [-0.1, -0.05) is 30.3 Å². The lowest BCUT2D eigenvalue weighted by Crippen LogP contribution is -1.94. The Morgan fingerprint density at radius 3 is 2.00 bits per heavy atom. The van der Waals surface area contributed by atoms with Crippen LogP contribution >= 0.6 is 12.6 Å². The molecule has 0 saturated carbocycles. The number of rotatable bonds is 1. The van der Waals surface area contributed by atoms with Crippen LogP contribution in [-0.4, -0.2) is 6.26 Å². The highest BCUT2D eigenvalue weighted by Crippen LogP contribution is 1.94. The van der Waals surface area contributed by atoms with E-state index < -0.39 is 0 Å². The Morgan fingerprint density at radius 1 is 1.20 bits per heavy atom. The fourth-order valence-corrected chi connectivity index (χ4v) is 0.614. The number of nitrogens with two attached hydrogens (primary N) is 1. The van der Waals surface area contributed by atoms with Gasteiger partial charge in [-0.25, -0.2) is 0 Å². The SMILES string of the molecule is CS.NCc1ccccc1. The molecule has 56 valence electrons. The van der Waals surface area contributed by atoms with Crippen molar-refractivity contribution in [3.63, 3.8) is 0 Å². The molecule has 1 nitrogen and oxygen atoms in total. The number of hydrogen-bond donors (Lipinski definition) is 2. The average molecular weight is 155 g/mol. The molecular formula is C8H13NS. The van der Waals surface area contributed by atoms with Gasteiger partial charge in [0.2, 0.25) is 0 Å². The highest BCUT2D eigenvalue weighted by Gasteiger charge is 1.80. The third-order valence-electron chi connectivity index (χ3n) is 1.08. The fraction of sp³-hybridized carbons (Fsp3) is 0.250. The minimum absolute atomic E-state index is 0.640. The lowest BCUT2D eigenvalue weighted by molar-refractivity contribution is 1.07. The first-order chi connectivity index (χ1) is 4.93. The Bertz CT molecular complexity index is 151. The average Bonchev–Trinajstić information content (AvgIpc) is 2.10. The molecule has 0 aliphatic heterocycles. The standard InChI is InChI=1S/C7H9N.CH4S/c8-6-7-4-2-1-3-5-7;1-2/h1-5H,6,8H2;2H,1H3. The van der Waals surface area contributed by atoms with E-state index in [4.69, 9.17) is 5.73 Å². The summed E-state index contributed by atoms with van der Waals surface area (Å²) in [5.74, 6) is 0. The summed E-state index contributed by atoms with van der Waals surface area (Å²) in [5.41, 5.74) is 6.54. The summed E-state index contributed by atoms with van der Waals surface area (Å²) < 4.78 is 0. The number of thiol groups is 1. The highest BCUT2D eigenvalue weighted by molar-refractivity contribution is 7.79. The molecule has 1 aromatic carbocycles. The van der Waals surface area contributed by atoms with Gasteiger partial charge in [-0.3, -0.25) is 0 Å². The maximum Gasteiger partial charge on any atom is 0.0178 e. The summed E-state index contributed by atoms with van der Waals surface area (Å²) in [6.45, 7) is 0.640. The molecule has 0 radical (unpaired) electrons. The second-order valence-electron chi connectivity index (χ2n) is 1.69. The van der Waals surface area contributed by atoms with E-state index in [1.54, 1.807) is 6.26 Å². The van der Waals surface area contributed by atoms with Crippen molar-refractivity contribution in [1.82, 2.24) is 0 Å². The Morgan fingerprint density at radius 2 is 1.70 bits per heavy atom. The van der Waals surface area contributed by atoms with Gasteiger partial charge in [0.15, 0.2) is 0 Å². The largest absolute Gasteiger partial charge is 0.326 e. The minimum atomic E-state index is 0.640. The predicted octanol–water partition coefficient (Wildman–Crippen LogP) is 1.69. The topological polar surface area (TPSA) is 26.0 Å². The van der Waals surface area contributed by atoms with Gasteiger partial charge >= 0.3 is 0 Å². The molecule has 1 aromatic rings. The van der Waals surface area contributed by atoms with E-state index in [0.717, 1.165) is 0 Å². The van der Waals surface area contributed by atoms with Crippen LogP contribution in [0.3, 0.4) is 0 Å². The van der Waals surface area contributed by atoms with E-state index >= 15 is 0 Å². The van der Waals surface area contributed by atoms with E-state index in [1.807, 2.05) is 30.3 Å². The highest BCUT2D eigenvalue weighted by atomic mass is 32.1. The second kappa shape index (κ2) is 6.65. The summed E-state index contributed by atoms with van der Waals surface area (Å²) in [4.78, 5) is 0. The lowest BCUT2D eigenvalue weighted by atomic mass is 10.2. The molecule has 0 fully saturated rings. The molecule has 2 heteroatoms. The summed E-state index contributed by atoms with van der Waals surface area (Å²) in [5, 5.41) is 0. The number of hydrogen-bond acceptors (Lipinski definition) is 2. The van der Waals surface area contributed by atoms with Crippen molar-refractivity contribution >= 4 is 12.6 Å². The van der Waals surface area contributed by atoms with E-state index in [-0.39, 0.29) is 0 Å². The molecule has 0 aromatic heterocycles. The molecule has 0 aliphatic carbocycles. The lowest BCUT2D eigenvalue weighted by Gasteiger charge is -1.90. The molecule has 0 amide bonds. The Kier molecular flexibility index (Phi) is 6.33. The quantitative estimate of drug-likeness (QED) is 0.593. The van der Waals surface area contributed by atoms with Gasteiger partial charge in [0.05, 0.1) is 0 Å². The molecule has 0 bridgehead atoms. The summed E-state index contributed by atoms with van der Waals surface area (Å²) in [6.07, 6.45) is 1.69. The van der Waals surface area contributed by atoms with Gasteiger partial charge in [-0.15, -0.1) is 0 Å². The van der Waals surface area contributed by atoms with Crippen LogP contribution in [0.1, 0.15) is 5.56 Å². The molecule has 0 aliphatic rings. The van der Waals surface area contributed by atoms with Gasteiger partial charge < -0.3 is 5.73 Å². The van der Waals surface area contributed by atoms with E-state index in [0.29, 0.717) is 6.54 Å². The van der Waals surface area contributed by atoms with Crippen molar-refractivity contribution in [3.8, 4) is 0 Å². The van der Waals surface area contributed by atoms with E-state index in [9.17, 15) is 0 Å². The van der Waals surface area contributed by atoms with Crippen LogP contribution in [0.5, 0.6) is 0 Å². The third-order valence-corrected chi connectivity index (χ3v) is 1.08. The van der Waals surface area contributed by atoms with Gasteiger partial charge in [0.25, 0.3) is 0 Å². The Balaban J connectivity index is 0.000000371. The molecule has 1 rings (SSSR count). The zero-order valence-electron chi connectivity index (χ0n) is 6.12. The first-order valence-electron chi connectivity index (χ1n) is 3.12. The fourth-order valence-electron chi connectivity index (χ4n) is 0.614. The zero-order chi connectivity index (χ0) is 7.82. The van der Waals surface area contributed by atoms with Crippen molar-refractivity contribution in [2.45, 2.75) is 6.54 Å². The van der Waals surface area contributed by atoms with Crippen molar-refractivity contribution in [1.29, 1.82) is 0 Å². The monoisotopic (exact) mass is 155 g/mol. The minimum Gasteiger partial charge on any atom is -0.326 e. The van der Waals surface area contributed by atoms with Crippen LogP contribution in [0.25, 0.3) is 0 Å². The third kappa shape index (κ3) is 3.54. The Hall–Kier alpha value is -0.470. The van der Waals surface area contributed by atoms with Crippen LogP contribution in [0.4, 0.5) is 0 Å². The van der Waals surface area contributed by atoms with Crippen LogP contribution < -0.4 is 5.73 Å². The van der Waals surface area contributed by atoms with Crippen LogP contribution in [0.15, 0.2) is 30.3 Å². The van der Waals surface area contributed by atoms with E-state index in [1.165, 1.54) is 5.56 Å². The van der Waals surface area contributed by atoms with Crippen molar-refractivity contribution in [2.24, 2.45) is 5.73 Å². The summed E-state index contributed by atoms with van der Waals surface area (Å²) >= 11 is 3.53. The normalized spacial score (nSPS) is 7.90. The first kappa shape index (κ1) is 9.53. The Labute approximate surface area is 67.7 Å². The molecule has 0 saturated heterocycles. The molecule has 2 N–H and O–H groups in total. The van der Waals surface area contributed by atoms with Crippen LogP contribution in [-0.2, 0) is 6.54 Å².